The first-order chi connectivity index (χ1) is 9.53. The third-order valence-electron chi connectivity index (χ3n) is 4.69. The van der Waals surface area contributed by atoms with Crippen molar-refractivity contribution in [2.24, 2.45) is 5.41 Å². The molecule has 1 aliphatic heterocycles. The summed E-state index contributed by atoms with van der Waals surface area (Å²) in [5, 5.41) is 0.290. The molecule has 0 spiro atoms. The molecule has 2 nitrogen and oxygen atoms in total. The number of hydrogen-bond donors (Lipinski definition) is 0. The third kappa shape index (κ3) is 6.04. The molecule has 0 aromatic heterocycles. The summed E-state index contributed by atoms with van der Waals surface area (Å²) in [6.07, 6.45) is 5.30. The largest absolute Gasteiger partial charge is 0.339 e. The first-order valence-corrected chi connectivity index (χ1v) is 8.82. The van der Waals surface area contributed by atoms with Gasteiger partial charge in [-0.3, -0.25) is 4.79 Å². The van der Waals surface area contributed by atoms with Gasteiger partial charge in [0.2, 0.25) is 5.91 Å². The first-order valence-electron chi connectivity index (χ1n) is 8.82. The Labute approximate surface area is 133 Å². The Morgan fingerprint density at radius 3 is 2.24 bits per heavy atom. The van der Waals surface area contributed by atoms with E-state index < -0.39 is 0 Å². The van der Waals surface area contributed by atoms with Crippen LogP contribution in [0.25, 0.3) is 0 Å². The van der Waals surface area contributed by atoms with Crippen LogP contribution < -0.4 is 0 Å². The zero-order valence-electron chi connectivity index (χ0n) is 15.5. The SMILES string of the molecule is CC(C)BC(C)(C)CC(N1CCCCCC1=O)C(C)(C)C. The highest BCUT2D eigenvalue weighted by Crippen LogP contribution is 2.40. The van der Waals surface area contributed by atoms with Gasteiger partial charge >= 0.3 is 0 Å². The zero-order chi connectivity index (χ0) is 16.3. The number of carbonyl (C=O) groups excluding carboxylic acids is 1. The molecule has 1 atom stereocenters. The molecule has 0 aliphatic carbocycles. The molecule has 0 N–H and O–H groups in total. The second-order valence-corrected chi connectivity index (χ2v) is 9.25. The summed E-state index contributed by atoms with van der Waals surface area (Å²) in [4.78, 5) is 14.8. The van der Waals surface area contributed by atoms with Crippen molar-refractivity contribution < 1.29 is 4.79 Å². The highest BCUT2D eigenvalue weighted by atomic mass is 16.2. The van der Waals surface area contributed by atoms with Crippen LogP contribution in [0.1, 0.15) is 80.6 Å². The molecule has 0 aromatic carbocycles. The van der Waals surface area contributed by atoms with E-state index in [9.17, 15) is 4.79 Å². The molecule has 1 saturated heterocycles. The average molecular weight is 293 g/mol. The van der Waals surface area contributed by atoms with Gasteiger partial charge in [0, 0.05) is 19.0 Å². The minimum Gasteiger partial charge on any atom is -0.339 e. The van der Waals surface area contributed by atoms with E-state index in [4.69, 9.17) is 0 Å². The monoisotopic (exact) mass is 293 g/mol. The van der Waals surface area contributed by atoms with Crippen molar-refractivity contribution in [3.63, 3.8) is 0 Å². The van der Waals surface area contributed by atoms with Gasteiger partial charge in [-0.15, -0.1) is 0 Å². The second kappa shape index (κ2) is 7.20. The summed E-state index contributed by atoms with van der Waals surface area (Å²) in [6.45, 7) is 17.2. The number of likely N-dealkylation sites (tertiary alicyclic amines) is 1. The molecule has 1 rings (SSSR count). The Morgan fingerprint density at radius 1 is 1.10 bits per heavy atom. The predicted molar refractivity (Wildman–Crippen MR) is 94.3 cm³/mol. The van der Waals surface area contributed by atoms with Crippen LogP contribution in [0.15, 0.2) is 0 Å². The maximum atomic E-state index is 12.5. The molecule has 0 radical (unpaired) electrons. The Morgan fingerprint density at radius 2 is 1.71 bits per heavy atom. The van der Waals surface area contributed by atoms with E-state index in [-0.39, 0.29) is 5.41 Å². The number of carbonyl (C=O) groups is 1. The molecule has 0 bridgehead atoms. The molecule has 0 aromatic rings. The fourth-order valence-corrected chi connectivity index (χ4v) is 3.93. The van der Waals surface area contributed by atoms with Gasteiger partial charge in [0.25, 0.3) is 0 Å². The second-order valence-electron chi connectivity index (χ2n) is 9.25. The number of amides is 1. The smallest absolute Gasteiger partial charge is 0.222 e. The topological polar surface area (TPSA) is 20.3 Å². The number of rotatable bonds is 5. The van der Waals surface area contributed by atoms with Crippen LogP contribution >= 0.6 is 0 Å². The molecule has 3 heteroatoms. The lowest BCUT2D eigenvalue weighted by molar-refractivity contribution is -0.135. The molecule has 1 aliphatic rings. The first kappa shape index (κ1) is 18.6. The van der Waals surface area contributed by atoms with Crippen LogP contribution in [0, 0.1) is 5.41 Å². The van der Waals surface area contributed by atoms with Crippen LogP contribution in [0.4, 0.5) is 0 Å². The van der Waals surface area contributed by atoms with Crippen molar-refractivity contribution in [1.82, 2.24) is 4.90 Å². The summed E-state index contributed by atoms with van der Waals surface area (Å²) in [7, 11) is 1.22. The standard InChI is InChI=1S/C18H36BNO/c1-14(2)19-18(6,7)13-15(17(3,4)5)20-12-10-8-9-11-16(20)21/h14-15,19H,8-13H2,1-7H3. The Bertz CT molecular complexity index is 344. The fourth-order valence-electron chi connectivity index (χ4n) is 3.93. The maximum absolute atomic E-state index is 12.5. The third-order valence-corrected chi connectivity index (χ3v) is 4.69. The molecule has 1 fully saturated rings. The van der Waals surface area contributed by atoms with E-state index in [1.807, 2.05) is 0 Å². The van der Waals surface area contributed by atoms with Gasteiger partial charge in [-0.05, 0) is 24.7 Å². The van der Waals surface area contributed by atoms with E-state index in [0.29, 0.717) is 23.1 Å². The normalized spacial score (nSPS) is 19.6. The van der Waals surface area contributed by atoms with Crippen molar-refractivity contribution in [2.45, 2.75) is 97.7 Å². The number of hydrogen-bond acceptors (Lipinski definition) is 1. The van der Waals surface area contributed by atoms with E-state index in [1.54, 1.807) is 0 Å². The highest BCUT2D eigenvalue weighted by Gasteiger charge is 2.38. The van der Waals surface area contributed by atoms with Crippen LogP contribution in [-0.4, -0.2) is 30.7 Å². The number of nitrogens with zero attached hydrogens (tertiary/aromatic N) is 1. The zero-order valence-corrected chi connectivity index (χ0v) is 15.5. The van der Waals surface area contributed by atoms with Gasteiger partial charge in [-0.1, -0.05) is 66.0 Å². The maximum Gasteiger partial charge on any atom is 0.222 e. The molecule has 21 heavy (non-hydrogen) atoms. The van der Waals surface area contributed by atoms with E-state index in [1.165, 1.54) is 20.1 Å². The van der Waals surface area contributed by atoms with Gasteiger partial charge in [0.15, 0.2) is 0 Å². The average Bonchev–Trinajstić information content (AvgIpc) is 2.48. The van der Waals surface area contributed by atoms with Crippen molar-refractivity contribution in [3.05, 3.63) is 0 Å². The Kier molecular flexibility index (Phi) is 6.37. The molecule has 0 saturated carbocycles. The van der Waals surface area contributed by atoms with Gasteiger partial charge in [-0.25, -0.2) is 0 Å². The molecular formula is C18H36BNO. The van der Waals surface area contributed by atoms with Gasteiger partial charge in [0.1, 0.15) is 7.28 Å². The minimum atomic E-state index is 0.147. The lowest BCUT2D eigenvalue weighted by Crippen LogP contribution is -2.49. The van der Waals surface area contributed by atoms with Crippen molar-refractivity contribution in [2.75, 3.05) is 6.54 Å². The Hall–Kier alpha value is -0.465. The summed E-state index contributed by atoms with van der Waals surface area (Å²) in [5.74, 6) is 1.09. The highest BCUT2D eigenvalue weighted by molar-refractivity contribution is 6.41. The summed E-state index contributed by atoms with van der Waals surface area (Å²) in [5.41, 5.74) is 0.147. The van der Waals surface area contributed by atoms with Gasteiger partial charge in [-0.2, -0.15) is 0 Å². The van der Waals surface area contributed by atoms with Crippen LogP contribution in [-0.2, 0) is 4.79 Å². The molecule has 1 heterocycles. The van der Waals surface area contributed by atoms with E-state index in [2.05, 4.69) is 53.4 Å². The summed E-state index contributed by atoms with van der Waals surface area (Å²) in [6, 6.07) is 0.358. The van der Waals surface area contributed by atoms with Crippen LogP contribution in [0.5, 0.6) is 0 Å². The van der Waals surface area contributed by atoms with Crippen LogP contribution in [0.2, 0.25) is 11.1 Å². The molecule has 1 amide bonds. The molecule has 122 valence electrons. The van der Waals surface area contributed by atoms with Crippen molar-refractivity contribution in [3.8, 4) is 0 Å². The quantitative estimate of drug-likeness (QED) is 0.675. The minimum absolute atomic E-state index is 0.147. The summed E-state index contributed by atoms with van der Waals surface area (Å²) < 4.78 is 0. The predicted octanol–water partition coefficient (Wildman–Crippen LogP) is 4.66. The van der Waals surface area contributed by atoms with E-state index in [0.717, 1.165) is 25.8 Å². The Balaban J connectivity index is 2.92. The summed E-state index contributed by atoms with van der Waals surface area (Å²) >= 11 is 0. The van der Waals surface area contributed by atoms with Gasteiger partial charge < -0.3 is 4.90 Å². The lowest BCUT2D eigenvalue weighted by Gasteiger charge is -2.44. The molecule has 1 unspecified atom stereocenters. The molecular weight excluding hydrogens is 257 g/mol. The van der Waals surface area contributed by atoms with Crippen molar-refractivity contribution in [1.29, 1.82) is 0 Å². The lowest BCUT2D eigenvalue weighted by atomic mass is 9.45. The van der Waals surface area contributed by atoms with E-state index >= 15 is 0 Å². The van der Waals surface area contributed by atoms with Crippen LogP contribution in [0.3, 0.4) is 0 Å². The van der Waals surface area contributed by atoms with Crippen molar-refractivity contribution >= 4 is 13.2 Å². The fraction of sp³-hybridized carbons (Fsp3) is 0.944. The van der Waals surface area contributed by atoms with Gasteiger partial charge in [0.05, 0.1) is 0 Å².